The molecule has 0 saturated carbocycles. The number of nitrogens with zero attached hydrogens (tertiary/aromatic N) is 5. The molecular weight excluding hydrogens is 412 g/mol. The van der Waals surface area contributed by atoms with Crippen molar-refractivity contribution in [3.8, 4) is 11.4 Å². The lowest BCUT2D eigenvalue weighted by Gasteiger charge is -2.28. The van der Waals surface area contributed by atoms with E-state index in [9.17, 15) is 0 Å². The number of methoxy groups -OCH3 is 1. The fourth-order valence-electron chi connectivity index (χ4n) is 4.75. The first kappa shape index (κ1) is 21.5. The van der Waals surface area contributed by atoms with E-state index in [1.54, 1.807) is 13.4 Å². The van der Waals surface area contributed by atoms with Crippen molar-refractivity contribution in [1.82, 2.24) is 24.0 Å². The highest BCUT2D eigenvalue weighted by atomic mass is 16.5. The topological polar surface area (TPSA) is 60.1 Å². The van der Waals surface area contributed by atoms with Gasteiger partial charge in [-0.25, -0.2) is 9.97 Å². The Bertz CT molecular complexity index is 1270. The van der Waals surface area contributed by atoms with E-state index in [1.165, 1.54) is 25.9 Å². The summed E-state index contributed by atoms with van der Waals surface area (Å²) in [6.07, 6.45) is 7.32. The van der Waals surface area contributed by atoms with Gasteiger partial charge in [0.2, 0.25) is 0 Å². The van der Waals surface area contributed by atoms with Gasteiger partial charge in [0.25, 0.3) is 0 Å². The minimum atomic E-state index is 0.705. The van der Waals surface area contributed by atoms with E-state index in [0.29, 0.717) is 5.92 Å². The lowest BCUT2D eigenvalue weighted by atomic mass is 9.93. The summed E-state index contributed by atoms with van der Waals surface area (Å²) in [7, 11) is 6.04. The van der Waals surface area contributed by atoms with Gasteiger partial charge in [-0.05, 0) is 70.1 Å². The highest BCUT2D eigenvalue weighted by molar-refractivity contribution is 5.91. The first-order chi connectivity index (χ1) is 16.0. The summed E-state index contributed by atoms with van der Waals surface area (Å²) in [4.78, 5) is 11.8. The average molecular weight is 445 g/mol. The van der Waals surface area contributed by atoms with Crippen LogP contribution in [0, 0.1) is 12.8 Å². The molecule has 0 amide bonds. The van der Waals surface area contributed by atoms with Crippen LogP contribution >= 0.6 is 0 Å². The first-order valence-corrected chi connectivity index (χ1v) is 11.6. The minimum absolute atomic E-state index is 0.705. The third-order valence-corrected chi connectivity index (χ3v) is 6.76. The summed E-state index contributed by atoms with van der Waals surface area (Å²) in [6.45, 7) is 4.34. The van der Waals surface area contributed by atoms with Crippen molar-refractivity contribution in [3.63, 3.8) is 0 Å². The fourth-order valence-corrected chi connectivity index (χ4v) is 4.75. The van der Waals surface area contributed by atoms with Crippen LogP contribution in [0.4, 0.5) is 11.4 Å². The van der Waals surface area contributed by atoms with E-state index in [4.69, 9.17) is 9.72 Å². The largest absolute Gasteiger partial charge is 0.494 e. The zero-order chi connectivity index (χ0) is 22.9. The van der Waals surface area contributed by atoms with E-state index >= 15 is 0 Å². The molecule has 1 fully saturated rings. The Morgan fingerprint density at radius 2 is 1.94 bits per heavy atom. The molecule has 5 rings (SSSR count). The highest BCUT2D eigenvalue weighted by Crippen LogP contribution is 2.32. The molecule has 0 spiro atoms. The Kier molecular flexibility index (Phi) is 5.81. The second-order valence-electron chi connectivity index (χ2n) is 9.15. The lowest BCUT2D eigenvalue weighted by Crippen LogP contribution is -2.31. The summed E-state index contributed by atoms with van der Waals surface area (Å²) in [6, 6.07) is 12.5. The van der Waals surface area contributed by atoms with Crippen LogP contribution in [0.5, 0.6) is 5.75 Å². The smallest absolute Gasteiger partial charge is 0.144 e. The molecule has 1 aliphatic rings. The molecule has 1 aliphatic heterocycles. The second kappa shape index (κ2) is 8.90. The number of piperidine rings is 1. The molecule has 7 nitrogen and oxygen atoms in total. The van der Waals surface area contributed by atoms with Crippen molar-refractivity contribution in [2.24, 2.45) is 13.0 Å². The lowest BCUT2D eigenvalue weighted by molar-refractivity contribution is 0.217. The summed E-state index contributed by atoms with van der Waals surface area (Å²) in [5, 5.41) is 3.57. The summed E-state index contributed by atoms with van der Waals surface area (Å²) >= 11 is 0. The molecule has 7 heteroatoms. The van der Waals surface area contributed by atoms with Gasteiger partial charge >= 0.3 is 0 Å². The van der Waals surface area contributed by atoms with Crippen LogP contribution in [0.15, 0.2) is 48.9 Å². The molecule has 33 heavy (non-hydrogen) atoms. The highest BCUT2D eigenvalue weighted by Gasteiger charge is 2.20. The number of imidazole rings is 2. The molecule has 2 aromatic carbocycles. The molecule has 1 saturated heterocycles. The van der Waals surface area contributed by atoms with Crippen LogP contribution in [0.2, 0.25) is 0 Å². The number of aromatic nitrogens is 4. The number of ether oxygens (including phenoxy) is 1. The zero-order valence-electron chi connectivity index (χ0n) is 19.9. The maximum atomic E-state index is 5.68. The number of benzene rings is 2. The summed E-state index contributed by atoms with van der Waals surface area (Å²) in [5.74, 6) is 2.66. The Labute approximate surface area is 195 Å². The molecule has 4 aromatic rings. The Morgan fingerprint density at radius 1 is 1.12 bits per heavy atom. The molecule has 2 aromatic heterocycles. The maximum Gasteiger partial charge on any atom is 0.144 e. The van der Waals surface area contributed by atoms with Crippen molar-refractivity contribution in [1.29, 1.82) is 0 Å². The second-order valence-corrected chi connectivity index (χ2v) is 9.15. The number of para-hydroxylation sites is 1. The van der Waals surface area contributed by atoms with Crippen LogP contribution in [0.1, 0.15) is 24.4 Å². The number of fused-ring (bicyclic) bond motifs is 1. The molecule has 3 heterocycles. The van der Waals surface area contributed by atoms with Gasteiger partial charge in [0.1, 0.15) is 17.1 Å². The molecule has 0 atom stereocenters. The monoisotopic (exact) mass is 444 g/mol. The van der Waals surface area contributed by atoms with E-state index in [-0.39, 0.29) is 0 Å². The molecule has 172 valence electrons. The van der Waals surface area contributed by atoms with Crippen molar-refractivity contribution in [2.45, 2.75) is 26.2 Å². The zero-order valence-corrected chi connectivity index (χ0v) is 19.9. The van der Waals surface area contributed by atoms with E-state index in [1.807, 2.05) is 29.8 Å². The van der Waals surface area contributed by atoms with E-state index in [0.717, 1.165) is 51.8 Å². The van der Waals surface area contributed by atoms with Crippen LogP contribution in [0.3, 0.4) is 0 Å². The van der Waals surface area contributed by atoms with E-state index < -0.39 is 0 Å². The third-order valence-electron chi connectivity index (χ3n) is 6.76. The van der Waals surface area contributed by atoms with Crippen LogP contribution < -0.4 is 10.1 Å². The summed E-state index contributed by atoms with van der Waals surface area (Å²) in [5.41, 5.74) is 6.06. The SMILES string of the molecule is COc1cc(Nc2cccc3c2nc(CC2CCN(C)CC2)n3C)ccc1-n1cnc(C)c1. The van der Waals surface area contributed by atoms with Gasteiger partial charge in [-0.15, -0.1) is 0 Å². The predicted molar refractivity (Wildman–Crippen MR) is 133 cm³/mol. The first-order valence-electron chi connectivity index (χ1n) is 11.6. The van der Waals surface area contributed by atoms with Gasteiger partial charge in [0, 0.05) is 31.4 Å². The number of nitrogens with one attached hydrogen (secondary N) is 1. The standard InChI is InChI=1S/C26H32N6O/c1-18-16-32(17-27-18)22-9-8-20(15-24(22)33-4)28-21-6-5-7-23-26(21)29-25(31(23)3)14-19-10-12-30(2)13-11-19/h5-9,15-17,19,28H,10-14H2,1-4H3. The van der Waals surface area contributed by atoms with Crippen LogP contribution in [0.25, 0.3) is 16.7 Å². The van der Waals surface area contributed by atoms with Crippen molar-refractivity contribution < 1.29 is 4.74 Å². The number of hydrogen-bond acceptors (Lipinski definition) is 5. The number of rotatable bonds is 6. The van der Waals surface area contributed by atoms with Gasteiger partial charge in [0.15, 0.2) is 0 Å². The molecule has 0 radical (unpaired) electrons. The average Bonchev–Trinajstić information content (AvgIpc) is 3.39. The Morgan fingerprint density at radius 3 is 2.67 bits per heavy atom. The van der Waals surface area contributed by atoms with Crippen molar-refractivity contribution >= 4 is 22.4 Å². The summed E-state index contributed by atoms with van der Waals surface area (Å²) < 4.78 is 9.91. The van der Waals surface area contributed by atoms with Crippen LogP contribution in [-0.2, 0) is 13.5 Å². The number of anilines is 2. The molecular formula is C26H32N6O. The van der Waals surface area contributed by atoms with Gasteiger partial charge in [-0.2, -0.15) is 0 Å². The number of hydrogen-bond donors (Lipinski definition) is 1. The molecule has 0 bridgehead atoms. The third kappa shape index (κ3) is 4.33. The predicted octanol–water partition coefficient (Wildman–Crippen LogP) is 4.70. The molecule has 0 aliphatic carbocycles. The van der Waals surface area contributed by atoms with Crippen molar-refractivity contribution in [2.75, 3.05) is 32.6 Å². The number of likely N-dealkylation sites (tertiary alicyclic amines) is 1. The van der Waals surface area contributed by atoms with Crippen LogP contribution in [-0.4, -0.2) is 51.2 Å². The van der Waals surface area contributed by atoms with Gasteiger partial charge in [0.05, 0.1) is 36.0 Å². The quantitative estimate of drug-likeness (QED) is 0.467. The van der Waals surface area contributed by atoms with Gasteiger partial charge < -0.3 is 24.1 Å². The number of aryl methyl sites for hydroxylation is 2. The Balaban J connectivity index is 1.42. The van der Waals surface area contributed by atoms with Crippen molar-refractivity contribution in [3.05, 3.63) is 60.4 Å². The van der Waals surface area contributed by atoms with Gasteiger partial charge in [-0.1, -0.05) is 6.07 Å². The normalized spacial score (nSPS) is 15.3. The minimum Gasteiger partial charge on any atom is -0.494 e. The fraction of sp³-hybridized carbons (Fsp3) is 0.385. The maximum absolute atomic E-state index is 5.68. The Hall–Kier alpha value is -3.32. The molecule has 0 unspecified atom stereocenters. The van der Waals surface area contributed by atoms with E-state index in [2.05, 4.69) is 58.1 Å². The molecule has 1 N–H and O–H groups in total. The van der Waals surface area contributed by atoms with Gasteiger partial charge in [-0.3, -0.25) is 0 Å².